The lowest BCUT2D eigenvalue weighted by Crippen LogP contribution is -2.21. The fraction of sp³-hybridized carbons (Fsp3) is 0.727. The van der Waals surface area contributed by atoms with E-state index in [1.807, 2.05) is 0 Å². The van der Waals surface area contributed by atoms with E-state index in [0.717, 1.165) is 23.8 Å². The van der Waals surface area contributed by atoms with Crippen molar-refractivity contribution < 1.29 is 0 Å². The van der Waals surface area contributed by atoms with Crippen molar-refractivity contribution in [2.75, 3.05) is 0 Å². The van der Waals surface area contributed by atoms with Gasteiger partial charge in [0.2, 0.25) is 0 Å². The topological polar surface area (TPSA) is 23.8 Å². The van der Waals surface area contributed by atoms with Crippen LogP contribution >= 0.6 is 0 Å². The Labute approximate surface area is 74.1 Å². The highest BCUT2D eigenvalue weighted by Gasteiger charge is 2.26. The van der Waals surface area contributed by atoms with E-state index in [-0.39, 0.29) is 0 Å². The van der Waals surface area contributed by atoms with Crippen LogP contribution in [0.25, 0.3) is 0 Å². The minimum Gasteiger partial charge on any atom is -0.193 e. The molecule has 0 bridgehead atoms. The number of hydrogen-bond acceptors (Lipinski definition) is 1. The van der Waals surface area contributed by atoms with Crippen molar-refractivity contribution in [3.05, 3.63) is 11.6 Å². The lowest BCUT2D eigenvalue weighted by molar-refractivity contribution is 0.257. The van der Waals surface area contributed by atoms with Crippen LogP contribution in [0.4, 0.5) is 0 Å². The van der Waals surface area contributed by atoms with E-state index in [4.69, 9.17) is 5.26 Å². The van der Waals surface area contributed by atoms with E-state index in [0.29, 0.717) is 0 Å². The van der Waals surface area contributed by atoms with Gasteiger partial charge in [0.05, 0.1) is 6.07 Å². The highest BCUT2D eigenvalue weighted by atomic mass is 14.3. The average Bonchev–Trinajstić information content (AvgIpc) is 2.17. The van der Waals surface area contributed by atoms with Crippen molar-refractivity contribution in [1.82, 2.24) is 0 Å². The van der Waals surface area contributed by atoms with Crippen LogP contribution in [-0.2, 0) is 0 Å². The first kappa shape index (κ1) is 7.86. The Morgan fingerprint density at radius 2 is 2.08 bits per heavy atom. The van der Waals surface area contributed by atoms with E-state index in [2.05, 4.69) is 12.1 Å². The molecule has 0 unspecified atom stereocenters. The maximum Gasteiger partial charge on any atom is 0.0943 e. The van der Waals surface area contributed by atoms with Crippen molar-refractivity contribution in [1.29, 1.82) is 5.26 Å². The summed E-state index contributed by atoms with van der Waals surface area (Å²) in [5.74, 6) is 1.66. The zero-order valence-corrected chi connectivity index (χ0v) is 7.42. The highest BCUT2D eigenvalue weighted by molar-refractivity contribution is 5.24. The predicted molar refractivity (Wildman–Crippen MR) is 48.4 cm³/mol. The van der Waals surface area contributed by atoms with Crippen LogP contribution in [0.2, 0.25) is 0 Å². The zero-order valence-electron chi connectivity index (χ0n) is 7.42. The van der Waals surface area contributed by atoms with Gasteiger partial charge >= 0.3 is 0 Å². The Morgan fingerprint density at radius 1 is 1.25 bits per heavy atom. The van der Waals surface area contributed by atoms with Crippen molar-refractivity contribution in [3.63, 3.8) is 0 Å². The number of allylic oxidation sites excluding steroid dienone is 2. The molecule has 1 heteroatoms. The molecule has 0 radical (unpaired) electrons. The Bertz CT molecular complexity index is 234. The molecule has 0 saturated heterocycles. The van der Waals surface area contributed by atoms with Gasteiger partial charge < -0.3 is 0 Å². The van der Waals surface area contributed by atoms with Gasteiger partial charge in [-0.1, -0.05) is 18.9 Å². The van der Waals surface area contributed by atoms with E-state index in [1.165, 1.54) is 32.1 Å². The number of rotatable bonds is 0. The van der Waals surface area contributed by atoms with Crippen LogP contribution < -0.4 is 0 Å². The van der Waals surface area contributed by atoms with Gasteiger partial charge in [-0.25, -0.2) is 0 Å². The Balaban J connectivity index is 2.11. The van der Waals surface area contributed by atoms with Gasteiger partial charge in [-0.15, -0.1) is 0 Å². The first-order valence-corrected chi connectivity index (χ1v) is 5.01. The minimum absolute atomic E-state index is 0.752. The van der Waals surface area contributed by atoms with Gasteiger partial charge in [0.1, 0.15) is 0 Å². The second kappa shape index (κ2) is 3.31. The standard InChI is InChI=1S/C11H15N/c12-8-9-5-6-10-3-1-2-4-11(10)7-9/h7,10-11H,1-6H2/t10-,11+/m0/s1. The molecule has 1 fully saturated rings. The third kappa shape index (κ3) is 1.39. The lowest BCUT2D eigenvalue weighted by Gasteiger charge is -2.32. The first-order valence-electron chi connectivity index (χ1n) is 5.01. The molecule has 2 aliphatic carbocycles. The fourth-order valence-electron chi connectivity index (χ4n) is 2.59. The van der Waals surface area contributed by atoms with Crippen LogP contribution in [0.5, 0.6) is 0 Å². The molecule has 0 heterocycles. The fourth-order valence-corrected chi connectivity index (χ4v) is 2.59. The third-order valence-corrected chi connectivity index (χ3v) is 3.31. The third-order valence-electron chi connectivity index (χ3n) is 3.31. The molecule has 0 aromatic carbocycles. The summed E-state index contributed by atoms with van der Waals surface area (Å²) in [4.78, 5) is 0. The van der Waals surface area contributed by atoms with Crippen LogP contribution in [0.1, 0.15) is 38.5 Å². The number of hydrogen-bond donors (Lipinski definition) is 0. The average molecular weight is 161 g/mol. The van der Waals surface area contributed by atoms with Crippen molar-refractivity contribution in [3.8, 4) is 6.07 Å². The van der Waals surface area contributed by atoms with E-state index < -0.39 is 0 Å². The van der Waals surface area contributed by atoms with Gasteiger partial charge in [-0.2, -0.15) is 5.26 Å². The molecule has 64 valence electrons. The molecule has 2 aliphatic rings. The SMILES string of the molecule is N#CC1=C[C@H]2CCCC[C@H]2CC1. The molecule has 1 nitrogen and oxygen atoms in total. The molecule has 0 N–H and O–H groups in total. The summed E-state index contributed by atoms with van der Waals surface area (Å²) < 4.78 is 0. The number of fused-ring (bicyclic) bond motifs is 1. The van der Waals surface area contributed by atoms with Gasteiger partial charge in [-0.05, 0) is 37.5 Å². The maximum absolute atomic E-state index is 8.76. The predicted octanol–water partition coefficient (Wildman–Crippen LogP) is 3.04. The molecular weight excluding hydrogens is 146 g/mol. The van der Waals surface area contributed by atoms with Gasteiger partial charge in [-0.3, -0.25) is 0 Å². The Morgan fingerprint density at radius 3 is 2.92 bits per heavy atom. The minimum atomic E-state index is 0.752. The highest BCUT2D eigenvalue weighted by Crippen LogP contribution is 2.38. The summed E-state index contributed by atoms with van der Waals surface area (Å²) in [6, 6.07) is 2.30. The summed E-state index contributed by atoms with van der Waals surface area (Å²) in [5, 5.41) is 8.76. The summed E-state index contributed by atoms with van der Waals surface area (Å²) in [6.45, 7) is 0. The summed E-state index contributed by atoms with van der Waals surface area (Å²) in [5.41, 5.74) is 1.04. The summed E-state index contributed by atoms with van der Waals surface area (Å²) >= 11 is 0. The van der Waals surface area contributed by atoms with Gasteiger partial charge in [0, 0.05) is 5.57 Å². The van der Waals surface area contributed by atoms with E-state index in [9.17, 15) is 0 Å². The Kier molecular flexibility index (Phi) is 2.17. The van der Waals surface area contributed by atoms with Crippen LogP contribution in [-0.4, -0.2) is 0 Å². The van der Waals surface area contributed by atoms with Crippen LogP contribution in [0.3, 0.4) is 0 Å². The number of nitriles is 1. The summed E-state index contributed by atoms with van der Waals surface area (Å²) in [7, 11) is 0. The van der Waals surface area contributed by atoms with Crippen molar-refractivity contribution in [2.24, 2.45) is 11.8 Å². The van der Waals surface area contributed by atoms with Gasteiger partial charge in [0.15, 0.2) is 0 Å². The molecule has 0 aromatic rings. The lowest BCUT2D eigenvalue weighted by atomic mass is 9.72. The first-order chi connectivity index (χ1) is 5.90. The van der Waals surface area contributed by atoms with E-state index in [1.54, 1.807) is 0 Å². The second-order valence-electron chi connectivity index (χ2n) is 4.05. The molecule has 0 aliphatic heterocycles. The van der Waals surface area contributed by atoms with Crippen LogP contribution in [0.15, 0.2) is 11.6 Å². The van der Waals surface area contributed by atoms with Gasteiger partial charge in [0.25, 0.3) is 0 Å². The molecular formula is C11H15N. The molecule has 2 rings (SSSR count). The molecule has 2 atom stereocenters. The molecule has 0 spiro atoms. The normalized spacial score (nSPS) is 34.8. The smallest absolute Gasteiger partial charge is 0.0943 e. The van der Waals surface area contributed by atoms with Crippen LogP contribution in [0, 0.1) is 23.2 Å². The molecule has 12 heavy (non-hydrogen) atoms. The van der Waals surface area contributed by atoms with Crippen molar-refractivity contribution in [2.45, 2.75) is 38.5 Å². The number of nitrogens with zero attached hydrogens (tertiary/aromatic N) is 1. The largest absolute Gasteiger partial charge is 0.193 e. The van der Waals surface area contributed by atoms with E-state index >= 15 is 0 Å². The quantitative estimate of drug-likeness (QED) is 0.535. The molecule has 0 amide bonds. The molecule has 0 aromatic heterocycles. The Hall–Kier alpha value is -0.770. The summed E-state index contributed by atoms with van der Waals surface area (Å²) in [6.07, 6.45) is 10.1. The van der Waals surface area contributed by atoms with Crippen molar-refractivity contribution >= 4 is 0 Å². The second-order valence-corrected chi connectivity index (χ2v) is 4.05. The maximum atomic E-state index is 8.76. The zero-order chi connectivity index (χ0) is 8.39. The molecule has 1 saturated carbocycles. The monoisotopic (exact) mass is 161 g/mol.